The monoisotopic (exact) mass is 359 g/mol. The third kappa shape index (κ3) is 2.95. The van der Waals surface area contributed by atoms with Gasteiger partial charge in [0.05, 0.1) is 4.90 Å². The molecule has 6 heteroatoms. The van der Waals surface area contributed by atoms with Crippen molar-refractivity contribution in [2.75, 3.05) is 0 Å². The Morgan fingerprint density at radius 2 is 1.82 bits per heavy atom. The van der Waals surface area contributed by atoms with Crippen LogP contribution in [0, 0.1) is 3.57 Å². The fraction of sp³-hybridized carbons (Fsp3) is 0. The van der Waals surface area contributed by atoms with E-state index in [4.69, 9.17) is 0 Å². The molecule has 0 radical (unpaired) electrons. The number of aromatic nitrogens is 1. The van der Waals surface area contributed by atoms with Crippen LogP contribution in [0.4, 0.5) is 5.69 Å². The number of hydrogen-bond donors (Lipinski definition) is 0. The van der Waals surface area contributed by atoms with Crippen LogP contribution in [0.2, 0.25) is 0 Å². The van der Waals surface area contributed by atoms with Crippen molar-refractivity contribution in [3.63, 3.8) is 0 Å². The Hall–Kier alpha value is -1.15. The first kappa shape index (κ1) is 12.3. The first-order valence-corrected chi connectivity index (χ1v) is 7.24. The third-order valence-corrected chi connectivity index (χ3v) is 4.15. The lowest BCUT2D eigenvalue weighted by Gasteiger charge is -2.22. The quantitative estimate of drug-likeness (QED) is 0.792. The van der Waals surface area contributed by atoms with Crippen molar-refractivity contribution in [2.24, 2.45) is 0 Å². The topological polar surface area (TPSA) is 61.1 Å². The lowest BCUT2D eigenvalue weighted by Crippen LogP contribution is -1.97. The SMILES string of the molecule is O=S(=O)([N-]c1ccncc1I)c1ccccc1. The van der Waals surface area contributed by atoms with Crippen LogP contribution >= 0.6 is 22.6 Å². The molecule has 0 fully saturated rings. The molecule has 0 bridgehead atoms. The molecule has 2 rings (SSSR count). The summed E-state index contributed by atoms with van der Waals surface area (Å²) < 4.78 is 28.4. The fourth-order valence-electron chi connectivity index (χ4n) is 1.22. The van der Waals surface area contributed by atoms with E-state index in [2.05, 4.69) is 9.71 Å². The molecule has 0 N–H and O–H groups in total. The zero-order valence-electron chi connectivity index (χ0n) is 8.62. The van der Waals surface area contributed by atoms with E-state index in [-0.39, 0.29) is 4.90 Å². The van der Waals surface area contributed by atoms with Gasteiger partial charge in [-0.3, -0.25) is 4.98 Å². The fourth-order valence-corrected chi connectivity index (χ4v) is 2.87. The van der Waals surface area contributed by atoms with Gasteiger partial charge in [-0.25, -0.2) is 8.42 Å². The lowest BCUT2D eigenvalue weighted by molar-refractivity contribution is 0.603. The summed E-state index contributed by atoms with van der Waals surface area (Å²) in [6.45, 7) is 0. The Bertz CT molecular complexity index is 614. The minimum atomic E-state index is -3.64. The summed E-state index contributed by atoms with van der Waals surface area (Å²) in [5.74, 6) is 0. The molecule has 0 aliphatic carbocycles. The molecule has 1 aromatic carbocycles. The van der Waals surface area contributed by atoms with Gasteiger partial charge >= 0.3 is 0 Å². The minimum Gasteiger partial charge on any atom is -0.572 e. The Morgan fingerprint density at radius 1 is 1.12 bits per heavy atom. The smallest absolute Gasteiger partial charge is 0.123 e. The molecule has 0 amide bonds. The molecule has 0 atom stereocenters. The maximum atomic E-state index is 12.0. The summed E-state index contributed by atoms with van der Waals surface area (Å²) in [5, 5.41) is 0. The van der Waals surface area contributed by atoms with Gasteiger partial charge in [0.1, 0.15) is 10.0 Å². The van der Waals surface area contributed by atoms with Crippen molar-refractivity contribution in [3.05, 3.63) is 57.1 Å². The van der Waals surface area contributed by atoms with Gasteiger partial charge in [-0.1, -0.05) is 24.3 Å². The number of sulfonamides is 1. The van der Waals surface area contributed by atoms with Crippen LogP contribution in [0.15, 0.2) is 53.7 Å². The van der Waals surface area contributed by atoms with E-state index in [1.54, 1.807) is 30.5 Å². The highest BCUT2D eigenvalue weighted by atomic mass is 127. The highest BCUT2D eigenvalue weighted by molar-refractivity contribution is 14.1. The van der Waals surface area contributed by atoms with Crippen molar-refractivity contribution in [1.29, 1.82) is 0 Å². The van der Waals surface area contributed by atoms with Crippen molar-refractivity contribution in [3.8, 4) is 0 Å². The molecular weight excluding hydrogens is 351 g/mol. The molecule has 0 saturated heterocycles. The van der Waals surface area contributed by atoms with E-state index in [9.17, 15) is 8.42 Å². The van der Waals surface area contributed by atoms with Crippen molar-refractivity contribution in [1.82, 2.24) is 4.98 Å². The van der Waals surface area contributed by atoms with E-state index in [0.717, 1.165) is 0 Å². The summed E-state index contributed by atoms with van der Waals surface area (Å²) in [5.41, 5.74) is 0.407. The van der Waals surface area contributed by atoms with Crippen LogP contribution in [0.5, 0.6) is 0 Å². The molecule has 1 heterocycles. The van der Waals surface area contributed by atoms with Gasteiger partial charge in [-0.15, -0.1) is 5.69 Å². The van der Waals surface area contributed by atoms with Crippen LogP contribution in [0.1, 0.15) is 0 Å². The number of rotatable bonds is 3. The van der Waals surface area contributed by atoms with Crippen molar-refractivity contribution < 1.29 is 8.42 Å². The number of benzene rings is 1. The molecule has 0 aliphatic heterocycles. The Morgan fingerprint density at radius 3 is 2.47 bits per heavy atom. The molecule has 0 unspecified atom stereocenters. The predicted octanol–water partition coefficient (Wildman–Crippen LogP) is 3.08. The van der Waals surface area contributed by atoms with Crippen LogP contribution in [-0.2, 0) is 10.0 Å². The summed E-state index contributed by atoms with van der Waals surface area (Å²) >= 11 is 2.00. The van der Waals surface area contributed by atoms with E-state index in [1.165, 1.54) is 18.3 Å². The van der Waals surface area contributed by atoms with E-state index < -0.39 is 10.0 Å². The summed E-state index contributed by atoms with van der Waals surface area (Å²) in [7, 11) is -3.64. The zero-order valence-corrected chi connectivity index (χ0v) is 11.6. The molecule has 1 aromatic heterocycles. The first-order valence-electron chi connectivity index (χ1n) is 4.72. The number of pyridine rings is 1. The second-order valence-electron chi connectivity index (χ2n) is 3.21. The molecule has 0 aliphatic rings. The minimum absolute atomic E-state index is 0.188. The molecule has 0 spiro atoms. The Balaban J connectivity index is 2.34. The normalized spacial score (nSPS) is 11.1. The molecule has 0 saturated carbocycles. The van der Waals surface area contributed by atoms with E-state index >= 15 is 0 Å². The number of hydrogen-bond acceptors (Lipinski definition) is 3. The largest absolute Gasteiger partial charge is 0.572 e. The second-order valence-corrected chi connectivity index (χ2v) is 5.97. The van der Waals surface area contributed by atoms with E-state index in [0.29, 0.717) is 9.26 Å². The number of halogens is 1. The highest BCUT2D eigenvalue weighted by Gasteiger charge is 2.04. The summed E-state index contributed by atoms with van der Waals surface area (Å²) in [6.07, 6.45) is 3.08. The average Bonchev–Trinajstić information content (AvgIpc) is 2.33. The summed E-state index contributed by atoms with van der Waals surface area (Å²) in [6, 6.07) is 9.71. The predicted molar refractivity (Wildman–Crippen MR) is 73.6 cm³/mol. The van der Waals surface area contributed by atoms with Crippen molar-refractivity contribution >= 4 is 38.3 Å². The standard InChI is InChI=1S/C11H8IN2O2S/c12-10-8-13-7-6-11(10)14-17(15,16)9-4-2-1-3-5-9/h1-8H/q-1. The average molecular weight is 359 g/mol. The van der Waals surface area contributed by atoms with Gasteiger partial charge in [-0.05, 0) is 34.7 Å². The molecule has 88 valence electrons. The Kier molecular flexibility index (Phi) is 3.63. The van der Waals surface area contributed by atoms with Gasteiger partial charge < -0.3 is 4.72 Å². The van der Waals surface area contributed by atoms with Crippen LogP contribution in [-0.4, -0.2) is 13.4 Å². The summed E-state index contributed by atoms with van der Waals surface area (Å²) in [4.78, 5) is 4.07. The maximum Gasteiger partial charge on any atom is 0.123 e. The van der Waals surface area contributed by atoms with Gasteiger partial charge in [0, 0.05) is 16.0 Å². The molecular formula is C11H8IN2O2S-. The Labute approximate surface area is 113 Å². The van der Waals surface area contributed by atoms with Gasteiger partial charge in [-0.2, -0.15) is 0 Å². The second kappa shape index (κ2) is 5.01. The van der Waals surface area contributed by atoms with Crippen molar-refractivity contribution in [2.45, 2.75) is 4.90 Å². The van der Waals surface area contributed by atoms with Gasteiger partial charge in [0.25, 0.3) is 0 Å². The van der Waals surface area contributed by atoms with Gasteiger partial charge in [0.15, 0.2) is 0 Å². The highest BCUT2D eigenvalue weighted by Crippen LogP contribution is 2.30. The molecule has 17 heavy (non-hydrogen) atoms. The lowest BCUT2D eigenvalue weighted by atomic mass is 10.4. The maximum absolute atomic E-state index is 12.0. The van der Waals surface area contributed by atoms with Crippen LogP contribution in [0.3, 0.4) is 0 Å². The molecule has 2 aromatic rings. The van der Waals surface area contributed by atoms with Crippen LogP contribution in [0.25, 0.3) is 4.72 Å². The van der Waals surface area contributed by atoms with E-state index in [1.807, 2.05) is 22.6 Å². The zero-order chi connectivity index (χ0) is 12.3. The van der Waals surface area contributed by atoms with Crippen LogP contribution < -0.4 is 0 Å². The molecule has 4 nitrogen and oxygen atoms in total. The number of nitrogens with zero attached hydrogens (tertiary/aromatic N) is 2. The third-order valence-electron chi connectivity index (χ3n) is 2.01. The first-order chi connectivity index (χ1) is 8.09. The van der Waals surface area contributed by atoms with Gasteiger partial charge in [0.2, 0.25) is 0 Å².